The lowest BCUT2D eigenvalue weighted by Gasteiger charge is -2.23. The molecular weight excluding hydrogens is 196 g/mol. The number of ether oxygens (including phenoxy) is 1. The summed E-state index contributed by atoms with van der Waals surface area (Å²) >= 11 is 1.30. The first-order valence-corrected chi connectivity index (χ1v) is 6.27. The zero-order chi connectivity index (χ0) is 11.1. The highest BCUT2D eigenvalue weighted by molar-refractivity contribution is 8.13. The van der Waals surface area contributed by atoms with Gasteiger partial charge >= 0.3 is 5.30 Å². The summed E-state index contributed by atoms with van der Waals surface area (Å²) < 4.78 is 4.88. The number of hydrogen-bond donors (Lipinski definition) is 0. The van der Waals surface area contributed by atoms with Gasteiger partial charge in [0.25, 0.3) is 0 Å². The summed E-state index contributed by atoms with van der Waals surface area (Å²) in [5.41, 5.74) is 0. The third kappa shape index (κ3) is 5.53. The third-order valence-corrected chi connectivity index (χ3v) is 3.27. The van der Waals surface area contributed by atoms with Crippen molar-refractivity contribution >= 4 is 17.1 Å². The van der Waals surface area contributed by atoms with E-state index in [9.17, 15) is 4.79 Å². The van der Waals surface area contributed by atoms with Crippen molar-refractivity contribution < 1.29 is 9.53 Å². The molecule has 0 aromatic rings. The molecule has 14 heavy (non-hydrogen) atoms. The predicted molar refractivity (Wildman–Crippen MR) is 62.6 cm³/mol. The summed E-state index contributed by atoms with van der Waals surface area (Å²) in [7, 11) is 0. The standard InChI is InChI=1S/C11H22O2S/c1-6-13-11(12)14-7-10(8(2)3)9(4)5/h8-10H,6-7H2,1-5H3. The summed E-state index contributed by atoms with van der Waals surface area (Å²) in [6.07, 6.45) is 0. The Hall–Kier alpha value is -0.180. The van der Waals surface area contributed by atoms with Gasteiger partial charge in [0.15, 0.2) is 0 Å². The smallest absolute Gasteiger partial charge is 0.367 e. The van der Waals surface area contributed by atoms with E-state index in [0.29, 0.717) is 24.4 Å². The van der Waals surface area contributed by atoms with Crippen LogP contribution in [0.1, 0.15) is 34.6 Å². The molecule has 0 amide bonds. The SMILES string of the molecule is CCOC(=O)SCC(C(C)C)C(C)C. The van der Waals surface area contributed by atoms with Crippen LogP contribution in [0.15, 0.2) is 0 Å². The minimum absolute atomic E-state index is 0.140. The lowest BCUT2D eigenvalue weighted by Crippen LogP contribution is -2.19. The van der Waals surface area contributed by atoms with E-state index in [-0.39, 0.29) is 5.30 Å². The fraction of sp³-hybridized carbons (Fsp3) is 0.909. The Labute approximate surface area is 91.8 Å². The number of carbonyl (C=O) groups excluding carboxylic acids is 1. The fourth-order valence-electron chi connectivity index (χ4n) is 1.48. The van der Waals surface area contributed by atoms with Gasteiger partial charge in [-0.25, -0.2) is 4.79 Å². The van der Waals surface area contributed by atoms with E-state index >= 15 is 0 Å². The summed E-state index contributed by atoms with van der Waals surface area (Å²) in [6.45, 7) is 11.1. The van der Waals surface area contributed by atoms with Crippen molar-refractivity contribution in [2.24, 2.45) is 17.8 Å². The Morgan fingerprint density at radius 2 is 1.71 bits per heavy atom. The lowest BCUT2D eigenvalue weighted by atomic mass is 9.87. The fourth-order valence-corrected chi connectivity index (χ4v) is 2.78. The summed E-state index contributed by atoms with van der Waals surface area (Å²) in [5, 5.41) is -0.140. The molecule has 2 nitrogen and oxygen atoms in total. The number of rotatable bonds is 5. The van der Waals surface area contributed by atoms with E-state index in [1.807, 2.05) is 6.92 Å². The molecule has 3 heteroatoms. The molecule has 0 unspecified atom stereocenters. The number of carbonyl (C=O) groups is 1. The normalized spacial score (nSPS) is 11.4. The predicted octanol–water partition coefficient (Wildman–Crippen LogP) is 3.80. The van der Waals surface area contributed by atoms with Crippen molar-refractivity contribution in [3.05, 3.63) is 0 Å². The average molecular weight is 218 g/mol. The van der Waals surface area contributed by atoms with Gasteiger partial charge in [-0.15, -0.1) is 0 Å². The van der Waals surface area contributed by atoms with Gasteiger partial charge in [-0.05, 0) is 36.4 Å². The van der Waals surface area contributed by atoms with Gasteiger partial charge < -0.3 is 4.74 Å². The summed E-state index contributed by atoms with van der Waals surface area (Å²) in [4.78, 5) is 11.1. The van der Waals surface area contributed by atoms with Crippen LogP contribution in [-0.4, -0.2) is 17.7 Å². The van der Waals surface area contributed by atoms with Crippen molar-refractivity contribution in [3.8, 4) is 0 Å². The van der Waals surface area contributed by atoms with E-state index < -0.39 is 0 Å². The second kappa shape index (κ2) is 7.16. The maximum Gasteiger partial charge on any atom is 0.367 e. The highest BCUT2D eigenvalue weighted by Crippen LogP contribution is 2.25. The van der Waals surface area contributed by atoms with Crippen LogP contribution in [0.5, 0.6) is 0 Å². The van der Waals surface area contributed by atoms with Crippen molar-refractivity contribution in [3.63, 3.8) is 0 Å². The Bertz CT molecular complexity index is 159. The molecule has 0 bridgehead atoms. The first kappa shape index (κ1) is 13.8. The van der Waals surface area contributed by atoms with Crippen LogP contribution in [0.3, 0.4) is 0 Å². The molecule has 0 aliphatic carbocycles. The molecule has 0 aliphatic heterocycles. The van der Waals surface area contributed by atoms with Crippen LogP contribution in [0.25, 0.3) is 0 Å². The molecule has 0 aromatic carbocycles. The molecule has 0 aliphatic rings. The summed E-state index contributed by atoms with van der Waals surface area (Å²) in [5.74, 6) is 2.70. The molecular formula is C11H22O2S. The van der Waals surface area contributed by atoms with E-state index in [4.69, 9.17) is 4.74 Å². The Morgan fingerprint density at radius 1 is 1.21 bits per heavy atom. The minimum Gasteiger partial charge on any atom is -0.458 e. The van der Waals surface area contributed by atoms with Gasteiger partial charge in [0.05, 0.1) is 6.61 Å². The van der Waals surface area contributed by atoms with Gasteiger partial charge in [-0.3, -0.25) is 0 Å². The topological polar surface area (TPSA) is 26.3 Å². The van der Waals surface area contributed by atoms with Crippen molar-refractivity contribution in [2.75, 3.05) is 12.4 Å². The first-order valence-electron chi connectivity index (χ1n) is 5.28. The Kier molecular flexibility index (Phi) is 7.06. The zero-order valence-electron chi connectivity index (χ0n) is 9.87. The largest absolute Gasteiger partial charge is 0.458 e. The van der Waals surface area contributed by atoms with Gasteiger partial charge in [0.1, 0.15) is 0 Å². The molecule has 0 N–H and O–H groups in total. The van der Waals surface area contributed by atoms with Gasteiger partial charge in [0.2, 0.25) is 0 Å². The van der Waals surface area contributed by atoms with Crippen molar-refractivity contribution in [1.29, 1.82) is 0 Å². The number of thioether (sulfide) groups is 1. The van der Waals surface area contributed by atoms with E-state index in [1.54, 1.807) is 0 Å². The van der Waals surface area contributed by atoms with Crippen LogP contribution in [0, 0.1) is 17.8 Å². The molecule has 0 heterocycles. The molecule has 0 radical (unpaired) electrons. The quantitative estimate of drug-likeness (QED) is 0.656. The van der Waals surface area contributed by atoms with Crippen LogP contribution in [0.2, 0.25) is 0 Å². The van der Waals surface area contributed by atoms with Crippen molar-refractivity contribution in [1.82, 2.24) is 0 Å². The lowest BCUT2D eigenvalue weighted by molar-refractivity contribution is 0.181. The molecule has 0 spiro atoms. The molecule has 0 rings (SSSR count). The monoisotopic (exact) mass is 218 g/mol. The maximum atomic E-state index is 11.1. The molecule has 84 valence electrons. The van der Waals surface area contributed by atoms with Crippen LogP contribution >= 0.6 is 11.8 Å². The highest BCUT2D eigenvalue weighted by atomic mass is 32.2. The second-order valence-electron chi connectivity index (χ2n) is 4.15. The summed E-state index contributed by atoms with van der Waals surface area (Å²) in [6, 6.07) is 0. The Balaban J connectivity index is 3.88. The number of hydrogen-bond acceptors (Lipinski definition) is 3. The van der Waals surface area contributed by atoms with Gasteiger partial charge in [0, 0.05) is 5.75 Å². The zero-order valence-corrected chi connectivity index (χ0v) is 10.7. The molecule has 0 fully saturated rings. The Morgan fingerprint density at radius 3 is 2.07 bits per heavy atom. The van der Waals surface area contributed by atoms with Gasteiger partial charge in [-0.1, -0.05) is 27.7 Å². The van der Waals surface area contributed by atoms with Gasteiger partial charge in [-0.2, -0.15) is 0 Å². The second-order valence-corrected chi connectivity index (χ2v) is 5.10. The first-order chi connectivity index (χ1) is 6.49. The maximum absolute atomic E-state index is 11.1. The van der Waals surface area contributed by atoms with E-state index in [2.05, 4.69) is 27.7 Å². The van der Waals surface area contributed by atoms with E-state index in [1.165, 1.54) is 11.8 Å². The molecule has 0 saturated heterocycles. The molecule has 0 atom stereocenters. The minimum atomic E-state index is -0.140. The van der Waals surface area contributed by atoms with Crippen LogP contribution < -0.4 is 0 Å². The average Bonchev–Trinajstić information content (AvgIpc) is 2.03. The van der Waals surface area contributed by atoms with Crippen molar-refractivity contribution in [2.45, 2.75) is 34.6 Å². The molecule has 0 saturated carbocycles. The third-order valence-electron chi connectivity index (χ3n) is 2.37. The van der Waals surface area contributed by atoms with Crippen LogP contribution in [-0.2, 0) is 4.74 Å². The molecule has 0 aromatic heterocycles. The highest BCUT2D eigenvalue weighted by Gasteiger charge is 2.19. The van der Waals surface area contributed by atoms with E-state index in [0.717, 1.165) is 5.75 Å². The van der Waals surface area contributed by atoms with Crippen LogP contribution in [0.4, 0.5) is 4.79 Å².